The van der Waals surface area contributed by atoms with Crippen molar-refractivity contribution in [3.63, 3.8) is 0 Å². The summed E-state index contributed by atoms with van der Waals surface area (Å²) in [5.41, 5.74) is 30.8. The maximum atomic E-state index is 2.83. The average Bonchev–Trinajstić information content (AvgIpc) is 1.34. The lowest BCUT2D eigenvalue weighted by Gasteiger charge is -2.51. The highest BCUT2D eigenvalue weighted by molar-refractivity contribution is 7.00. The standard InChI is InChI=1S/C78H72BN3/c1-51-22-18-19-29-63(51)57-33-37-69-65(42-57)77(7)40-20-21-41-78(77,8)82(69)62-47-72-74-73(48-62)81(68-39-34-60(75(2,3)4)46-64(68)55-27-16-11-17-28-55)71-45-59-50-76(5,6)49-58(59)44-67(71)79(74)66-43-56(53-25-14-10-15-26-53)32-38-70(66)80(72)61-35-30-54(31-36-61)52-23-12-9-13-24-52/h9-19,22-39,42-48H,20-21,40-41,49-50H2,1-8H3. The monoisotopic (exact) mass is 1060 g/mol. The molecule has 402 valence electrons. The highest BCUT2D eigenvalue weighted by atomic mass is 15.3. The number of anilines is 8. The summed E-state index contributed by atoms with van der Waals surface area (Å²) in [5, 5.41) is 0. The summed E-state index contributed by atoms with van der Waals surface area (Å²) in [7, 11) is 0. The van der Waals surface area contributed by atoms with Gasteiger partial charge in [0.25, 0.3) is 6.71 Å². The number of rotatable bonds is 7. The number of fused-ring (bicyclic) bond motifs is 8. The average molecular weight is 1060 g/mol. The topological polar surface area (TPSA) is 9.72 Å². The highest BCUT2D eigenvalue weighted by Crippen LogP contribution is 2.62. The molecule has 1 saturated carbocycles. The van der Waals surface area contributed by atoms with E-state index in [2.05, 4.69) is 288 Å². The molecule has 4 heteroatoms. The maximum absolute atomic E-state index is 2.83. The van der Waals surface area contributed by atoms with Gasteiger partial charge in [-0.1, -0.05) is 212 Å². The molecule has 0 radical (unpaired) electrons. The normalized spacial score (nSPS) is 19.0. The fraction of sp³-hybridized carbons (Fsp3) is 0.231. The summed E-state index contributed by atoms with van der Waals surface area (Å²) in [6.07, 6.45) is 6.77. The van der Waals surface area contributed by atoms with Crippen LogP contribution in [0.4, 0.5) is 45.5 Å². The quantitative estimate of drug-likeness (QED) is 0.147. The van der Waals surface area contributed by atoms with Gasteiger partial charge in [-0.15, -0.1) is 0 Å². The van der Waals surface area contributed by atoms with Crippen LogP contribution in [0.3, 0.4) is 0 Å². The van der Waals surface area contributed by atoms with E-state index in [0.29, 0.717) is 0 Å². The Morgan fingerprint density at radius 3 is 1.67 bits per heavy atom. The lowest BCUT2D eigenvalue weighted by atomic mass is 9.33. The number of hydrogen-bond donors (Lipinski definition) is 0. The summed E-state index contributed by atoms with van der Waals surface area (Å²) in [6, 6.07) is 84.2. The molecular weight excluding hydrogens is 990 g/mol. The largest absolute Gasteiger partial charge is 0.334 e. The van der Waals surface area contributed by atoms with Crippen molar-refractivity contribution < 1.29 is 0 Å². The third-order valence-corrected chi connectivity index (χ3v) is 20.1. The van der Waals surface area contributed by atoms with Gasteiger partial charge in [0.1, 0.15) is 0 Å². The number of nitrogens with zero attached hydrogens (tertiary/aromatic N) is 3. The van der Waals surface area contributed by atoms with Gasteiger partial charge in [-0.05, 0) is 194 Å². The third kappa shape index (κ3) is 7.84. The summed E-state index contributed by atoms with van der Waals surface area (Å²) in [6.45, 7) is 19.4. The Morgan fingerprint density at radius 2 is 0.976 bits per heavy atom. The van der Waals surface area contributed by atoms with Crippen LogP contribution >= 0.6 is 0 Å². The van der Waals surface area contributed by atoms with Crippen LogP contribution in [0.15, 0.2) is 218 Å². The maximum Gasteiger partial charge on any atom is 0.252 e. The molecule has 0 spiro atoms. The molecule has 0 amide bonds. The zero-order valence-electron chi connectivity index (χ0n) is 48.9. The lowest BCUT2D eigenvalue weighted by Crippen LogP contribution is -2.61. The number of benzene rings is 10. The zero-order chi connectivity index (χ0) is 55.9. The molecule has 0 saturated heterocycles. The van der Waals surface area contributed by atoms with Gasteiger partial charge < -0.3 is 14.7 Å². The molecule has 0 aromatic heterocycles. The van der Waals surface area contributed by atoms with E-state index in [1.165, 1.54) is 141 Å². The fourth-order valence-corrected chi connectivity index (χ4v) is 15.7. The molecule has 15 rings (SSSR count). The Morgan fingerprint density at radius 1 is 0.415 bits per heavy atom. The van der Waals surface area contributed by atoms with Gasteiger partial charge in [0.05, 0.1) is 11.2 Å². The van der Waals surface area contributed by atoms with Crippen LogP contribution < -0.4 is 31.1 Å². The first-order valence-electron chi connectivity index (χ1n) is 30.2. The second-order valence-electron chi connectivity index (χ2n) is 26.8. The first kappa shape index (κ1) is 50.6. The molecule has 10 aromatic carbocycles. The zero-order valence-corrected chi connectivity index (χ0v) is 48.9. The van der Waals surface area contributed by atoms with E-state index in [1.54, 1.807) is 0 Å². The molecular formula is C78H72BN3. The van der Waals surface area contributed by atoms with Crippen molar-refractivity contribution in [2.24, 2.45) is 5.41 Å². The van der Waals surface area contributed by atoms with Crippen molar-refractivity contribution in [1.29, 1.82) is 0 Å². The van der Waals surface area contributed by atoms with Gasteiger partial charge in [0, 0.05) is 50.8 Å². The SMILES string of the molecule is Cc1ccccc1-c1ccc2c(c1)C1(C)CCCCC1(C)N2c1cc2c3c(c1)N(c1ccc(C(C)(C)C)cc1-c1ccccc1)c1cc4c(cc1B3c1cc(-c3ccccc3)ccc1N2c1ccc(-c2ccccc2)cc1)CC(C)(C)C4. The summed E-state index contributed by atoms with van der Waals surface area (Å²) >= 11 is 0. The Hall–Kier alpha value is -8.34. The molecule has 10 aromatic rings. The molecule has 0 bridgehead atoms. The minimum Gasteiger partial charge on any atom is -0.334 e. The Kier molecular flexibility index (Phi) is 11.5. The first-order valence-corrected chi connectivity index (χ1v) is 30.2. The van der Waals surface area contributed by atoms with Gasteiger partial charge in [-0.25, -0.2) is 0 Å². The van der Waals surface area contributed by atoms with Crippen LogP contribution in [0, 0.1) is 12.3 Å². The predicted octanol–water partition coefficient (Wildman–Crippen LogP) is 18.9. The molecule has 3 nitrogen and oxygen atoms in total. The van der Waals surface area contributed by atoms with E-state index in [0.717, 1.165) is 31.4 Å². The van der Waals surface area contributed by atoms with Crippen molar-refractivity contribution in [2.45, 2.75) is 110 Å². The van der Waals surface area contributed by atoms with Crippen LogP contribution in [-0.2, 0) is 23.7 Å². The van der Waals surface area contributed by atoms with Gasteiger partial charge in [0.15, 0.2) is 0 Å². The van der Waals surface area contributed by atoms with Crippen molar-refractivity contribution in [3.8, 4) is 44.5 Å². The molecule has 2 unspecified atom stereocenters. The van der Waals surface area contributed by atoms with E-state index in [-0.39, 0.29) is 28.5 Å². The Bertz CT molecular complexity index is 4170. The molecule has 1 fully saturated rings. The molecule has 5 aliphatic rings. The Labute approximate surface area is 487 Å². The molecule has 0 N–H and O–H groups in total. The van der Waals surface area contributed by atoms with Crippen molar-refractivity contribution >= 4 is 68.6 Å². The lowest BCUT2D eigenvalue weighted by molar-refractivity contribution is 0.195. The Balaban J connectivity index is 1.06. The van der Waals surface area contributed by atoms with Crippen LogP contribution in [0.5, 0.6) is 0 Å². The van der Waals surface area contributed by atoms with Crippen LogP contribution in [0.25, 0.3) is 44.5 Å². The summed E-state index contributed by atoms with van der Waals surface area (Å²) in [4.78, 5) is 8.20. The molecule has 3 aliphatic heterocycles. The second-order valence-corrected chi connectivity index (χ2v) is 26.8. The number of hydrogen-bond acceptors (Lipinski definition) is 3. The molecule has 3 heterocycles. The van der Waals surface area contributed by atoms with E-state index in [4.69, 9.17) is 0 Å². The smallest absolute Gasteiger partial charge is 0.252 e. The fourth-order valence-electron chi connectivity index (χ4n) is 15.7. The minimum atomic E-state index is -0.203. The second kappa shape index (κ2) is 18.6. The minimum absolute atomic E-state index is 0.0510. The van der Waals surface area contributed by atoms with E-state index >= 15 is 0 Å². The van der Waals surface area contributed by atoms with E-state index in [9.17, 15) is 0 Å². The molecule has 82 heavy (non-hydrogen) atoms. The van der Waals surface area contributed by atoms with Crippen molar-refractivity contribution in [1.82, 2.24) is 0 Å². The third-order valence-electron chi connectivity index (χ3n) is 20.1. The van der Waals surface area contributed by atoms with Gasteiger partial charge >= 0.3 is 0 Å². The van der Waals surface area contributed by atoms with E-state index < -0.39 is 0 Å². The van der Waals surface area contributed by atoms with E-state index in [1.807, 2.05) is 0 Å². The van der Waals surface area contributed by atoms with Crippen LogP contribution in [0.1, 0.15) is 102 Å². The van der Waals surface area contributed by atoms with Gasteiger partial charge in [-0.3, -0.25) is 0 Å². The van der Waals surface area contributed by atoms with Crippen LogP contribution in [-0.4, -0.2) is 12.3 Å². The van der Waals surface area contributed by atoms with Gasteiger partial charge in [-0.2, -0.15) is 0 Å². The first-order chi connectivity index (χ1) is 39.7. The summed E-state index contributed by atoms with van der Waals surface area (Å²) < 4.78 is 0. The van der Waals surface area contributed by atoms with Crippen molar-refractivity contribution in [2.75, 3.05) is 14.7 Å². The number of aryl methyl sites for hydroxylation is 1. The molecule has 2 atom stereocenters. The van der Waals surface area contributed by atoms with Crippen molar-refractivity contribution in [3.05, 3.63) is 246 Å². The molecule has 2 aliphatic carbocycles. The summed E-state index contributed by atoms with van der Waals surface area (Å²) in [5.74, 6) is 0. The van der Waals surface area contributed by atoms with Crippen LogP contribution in [0.2, 0.25) is 0 Å². The predicted molar refractivity (Wildman–Crippen MR) is 350 cm³/mol. The highest BCUT2D eigenvalue weighted by Gasteiger charge is 2.58. The van der Waals surface area contributed by atoms with Gasteiger partial charge in [0.2, 0.25) is 0 Å².